The van der Waals surface area contributed by atoms with Crippen LogP contribution in [0.4, 0.5) is 0 Å². The van der Waals surface area contributed by atoms with E-state index in [2.05, 4.69) is 29.0 Å². The van der Waals surface area contributed by atoms with Crippen LogP contribution in [0.5, 0.6) is 0 Å². The zero-order valence-corrected chi connectivity index (χ0v) is 15.5. The number of carbonyl (C=O) groups excluding carboxylic acids is 1. The fourth-order valence-electron chi connectivity index (χ4n) is 3.70. The summed E-state index contributed by atoms with van der Waals surface area (Å²) >= 11 is 0. The average Bonchev–Trinajstić information content (AvgIpc) is 3.18. The lowest BCUT2D eigenvalue weighted by atomic mass is 9.81. The van der Waals surface area contributed by atoms with Crippen LogP contribution >= 0.6 is 0 Å². The standard InChI is InChI=1S/C22H23N3O2/c1-22(21-24-15-18(27-21)14-17-8-3-2-4-9-17)11-7-13-25(16-22)20(26)19-10-5-6-12-23-19/h2-6,8-10,12,15H,7,11,13-14,16H2,1H3/t22-/m1/s1. The number of carbonyl (C=O) groups is 1. The number of likely N-dealkylation sites (tertiary alicyclic amines) is 1. The van der Waals surface area contributed by atoms with Crippen LogP contribution in [0, 0.1) is 0 Å². The van der Waals surface area contributed by atoms with Gasteiger partial charge >= 0.3 is 0 Å². The Labute approximate surface area is 159 Å². The minimum absolute atomic E-state index is 0.0300. The summed E-state index contributed by atoms with van der Waals surface area (Å²) in [5, 5.41) is 0. The Morgan fingerprint density at radius 3 is 2.74 bits per heavy atom. The molecule has 4 rings (SSSR count). The molecule has 1 fully saturated rings. The third-order valence-electron chi connectivity index (χ3n) is 5.16. The number of pyridine rings is 1. The highest BCUT2D eigenvalue weighted by atomic mass is 16.4. The molecule has 0 radical (unpaired) electrons. The number of rotatable bonds is 4. The number of hydrogen-bond donors (Lipinski definition) is 0. The van der Waals surface area contributed by atoms with Crippen LogP contribution in [0.1, 0.15) is 47.5 Å². The molecule has 5 heteroatoms. The summed E-state index contributed by atoms with van der Waals surface area (Å²) in [6, 6.07) is 15.6. The second kappa shape index (κ2) is 7.35. The van der Waals surface area contributed by atoms with Gasteiger partial charge < -0.3 is 9.32 Å². The maximum atomic E-state index is 12.8. The van der Waals surface area contributed by atoms with Crippen molar-refractivity contribution < 1.29 is 9.21 Å². The molecule has 1 aromatic carbocycles. The Kier molecular flexibility index (Phi) is 4.75. The SMILES string of the molecule is C[C@@]1(c2ncc(Cc3ccccc3)o2)CCCN(C(=O)c2ccccn2)C1. The van der Waals surface area contributed by atoms with Gasteiger partial charge in [-0.05, 0) is 37.5 Å². The third kappa shape index (κ3) is 3.77. The van der Waals surface area contributed by atoms with Crippen LogP contribution in [0.15, 0.2) is 65.3 Å². The van der Waals surface area contributed by atoms with Crippen LogP contribution in [0.3, 0.4) is 0 Å². The van der Waals surface area contributed by atoms with Crippen LogP contribution in [0.25, 0.3) is 0 Å². The van der Waals surface area contributed by atoms with Gasteiger partial charge in [0.2, 0.25) is 5.89 Å². The first-order valence-corrected chi connectivity index (χ1v) is 9.33. The Morgan fingerprint density at radius 2 is 1.96 bits per heavy atom. The lowest BCUT2D eigenvalue weighted by molar-refractivity contribution is 0.0620. The van der Waals surface area contributed by atoms with Gasteiger partial charge in [-0.15, -0.1) is 0 Å². The molecule has 0 spiro atoms. The Morgan fingerprint density at radius 1 is 1.15 bits per heavy atom. The first kappa shape index (κ1) is 17.5. The first-order chi connectivity index (χ1) is 13.1. The summed E-state index contributed by atoms with van der Waals surface area (Å²) in [4.78, 5) is 23.4. The maximum absolute atomic E-state index is 12.8. The Bertz CT molecular complexity index is 908. The molecule has 0 bridgehead atoms. The highest BCUT2D eigenvalue weighted by Crippen LogP contribution is 2.34. The highest BCUT2D eigenvalue weighted by molar-refractivity contribution is 5.92. The third-order valence-corrected chi connectivity index (χ3v) is 5.16. The van der Waals surface area contributed by atoms with Crippen LogP contribution in [0.2, 0.25) is 0 Å². The fraction of sp³-hybridized carbons (Fsp3) is 0.318. The van der Waals surface area contributed by atoms with Crippen molar-refractivity contribution >= 4 is 5.91 Å². The average molecular weight is 361 g/mol. The molecule has 0 saturated carbocycles. The Balaban J connectivity index is 1.50. The van der Waals surface area contributed by atoms with Gasteiger partial charge in [-0.25, -0.2) is 4.98 Å². The predicted octanol–water partition coefficient (Wildman–Crippen LogP) is 3.85. The molecule has 27 heavy (non-hydrogen) atoms. The summed E-state index contributed by atoms with van der Waals surface area (Å²) in [5.74, 6) is 1.54. The minimum atomic E-state index is -0.280. The summed E-state index contributed by atoms with van der Waals surface area (Å²) in [7, 11) is 0. The molecule has 1 saturated heterocycles. The second-order valence-corrected chi connectivity index (χ2v) is 7.40. The topological polar surface area (TPSA) is 59.2 Å². The van der Waals surface area contributed by atoms with Crippen molar-refractivity contribution in [3.63, 3.8) is 0 Å². The van der Waals surface area contributed by atoms with E-state index < -0.39 is 0 Å². The normalized spacial score (nSPS) is 19.8. The van der Waals surface area contributed by atoms with E-state index in [1.807, 2.05) is 41.4 Å². The summed E-state index contributed by atoms with van der Waals surface area (Å²) in [6.07, 6.45) is 6.06. The smallest absolute Gasteiger partial charge is 0.272 e. The van der Waals surface area contributed by atoms with Crippen LogP contribution < -0.4 is 0 Å². The lowest BCUT2D eigenvalue weighted by Crippen LogP contribution is -2.47. The van der Waals surface area contributed by atoms with Gasteiger partial charge in [0, 0.05) is 25.7 Å². The van der Waals surface area contributed by atoms with Crippen LogP contribution in [-0.2, 0) is 11.8 Å². The molecule has 0 unspecified atom stereocenters. The molecule has 1 atom stereocenters. The van der Waals surface area contributed by atoms with E-state index in [1.165, 1.54) is 5.56 Å². The number of amides is 1. The molecule has 3 heterocycles. The molecule has 2 aromatic heterocycles. The maximum Gasteiger partial charge on any atom is 0.272 e. The number of oxazole rings is 1. The quantitative estimate of drug-likeness (QED) is 0.708. The van der Waals surface area contributed by atoms with E-state index in [4.69, 9.17) is 4.42 Å². The van der Waals surface area contributed by atoms with Crippen molar-refractivity contribution in [3.8, 4) is 0 Å². The number of benzene rings is 1. The van der Waals surface area contributed by atoms with E-state index >= 15 is 0 Å². The van der Waals surface area contributed by atoms with Gasteiger partial charge in [0.15, 0.2) is 0 Å². The van der Waals surface area contributed by atoms with Crippen molar-refractivity contribution in [2.75, 3.05) is 13.1 Å². The number of piperidine rings is 1. The van der Waals surface area contributed by atoms with Gasteiger partial charge in [-0.3, -0.25) is 9.78 Å². The second-order valence-electron chi connectivity index (χ2n) is 7.40. The predicted molar refractivity (Wildman–Crippen MR) is 102 cm³/mol. The number of hydrogen-bond acceptors (Lipinski definition) is 4. The van der Waals surface area contributed by atoms with E-state index in [1.54, 1.807) is 12.3 Å². The lowest BCUT2D eigenvalue weighted by Gasteiger charge is -2.38. The highest BCUT2D eigenvalue weighted by Gasteiger charge is 2.38. The molecule has 1 aliphatic rings. The summed E-state index contributed by atoms with van der Waals surface area (Å²) in [6.45, 7) is 3.46. The van der Waals surface area contributed by atoms with Gasteiger partial charge in [0.1, 0.15) is 11.5 Å². The van der Waals surface area contributed by atoms with E-state index in [0.29, 0.717) is 18.1 Å². The van der Waals surface area contributed by atoms with Gasteiger partial charge in [0.25, 0.3) is 5.91 Å². The number of aromatic nitrogens is 2. The molecule has 0 N–H and O–H groups in total. The molecule has 138 valence electrons. The van der Waals surface area contributed by atoms with E-state index in [0.717, 1.165) is 31.6 Å². The minimum Gasteiger partial charge on any atom is -0.445 e. The van der Waals surface area contributed by atoms with Crippen molar-refractivity contribution in [3.05, 3.63) is 83.8 Å². The molecular weight excluding hydrogens is 338 g/mol. The molecule has 1 amide bonds. The molecule has 5 nitrogen and oxygen atoms in total. The zero-order chi connectivity index (χ0) is 18.7. The van der Waals surface area contributed by atoms with Gasteiger partial charge in [-0.2, -0.15) is 0 Å². The van der Waals surface area contributed by atoms with Gasteiger partial charge in [0.05, 0.1) is 11.6 Å². The molecular formula is C22H23N3O2. The van der Waals surface area contributed by atoms with Crippen molar-refractivity contribution in [1.82, 2.24) is 14.9 Å². The molecule has 1 aliphatic heterocycles. The van der Waals surface area contributed by atoms with E-state index in [9.17, 15) is 4.79 Å². The largest absolute Gasteiger partial charge is 0.445 e. The number of nitrogens with zero attached hydrogens (tertiary/aromatic N) is 3. The fourth-order valence-corrected chi connectivity index (χ4v) is 3.70. The van der Waals surface area contributed by atoms with Crippen molar-refractivity contribution in [2.45, 2.75) is 31.6 Å². The van der Waals surface area contributed by atoms with E-state index in [-0.39, 0.29) is 11.3 Å². The molecule has 3 aromatic rings. The monoisotopic (exact) mass is 361 g/mol. The van der Waals surface area contributed by atoms with Crippen LogP contribution in [-0.4, -0.2) is 33.9 Å². The first-order valence-electron chi connectivity index (χ1n) is 9.33. The van der Waals surface area contributed by atoms with Gasteiger partial charge in [-0.1, -0.05) is 36.4 Å². The summed E-state index contributed by atoms with van der Waals surface area (Å²) in [5.41, 5.74) is 1.40. The molecule has 0 aliphatic carbocycles. The zero-order valence-electron chi connectivity index (χ0n) is 15.5. The van der Waals surface area contributed by atoms with Crippen molar-refractivity contribution in [1.29, 1.82) is 0 Å². The summed E-state index contributed by atoms with van der Waals surface area (Å²) < 4.78 is 6.10. The Hall–Kier alpha value is -2.95. The van der Waals surface area contributed by atoms with Crippen molar-refractivity contribution in [2.24, 2.45) is 0 Å².